The minimum Gasteiger partial charge on any atom is -0.493 e. The number of ether oxygens (including phenoxy) is 2. The molecule has 0 aliphatic rings. The molecule has 5 heteroatoms. The second kappa shape index (κ2) is 7.25. The zero-order valence-electron chi connectivity index (χ0n) is 13.6. The first-order valence-electron chi connectivity index (χ1n) is 7.56. The van der Waals surface area contributed by atoms with Gasteiger partial charge in [0.1, 0.15) is 18.5 Å². The van der Waals surface area contributed by atoms with Crippen LogP contribution < -0.4 is 9.47 Å². The van der Waals surface area contributed by atoms with E-state index in [0.29, 0.717) is 22.9 Å². The summed E-state index contributed by atoms with van der Waals surface area (Å²) in [6, 6.07) is 15.2. The van der Waals surface area contributed by atoms with Gasteiger partial charge in [-0.05, 0) is 35.9 Å². The van der Waals surface area contributed by atoms with Crippen molar-refractivity contribution in [3.05, 3.63) is 53.9 Å². The van der Waals surface area contributed by atoms with Gasteiger partial charge in [-0.2, -0.15) is 5.26 Å². The second-order valence-electron chi connectivity index (χ2n) is 5.18. The van der Waals surface area contributed by atoms with Gasteiger partial charge < -0.3 is 14.5 Å². The molecule has 0 radical (unpaired) electrons. The Balaban J connectivity index is 1.97. The fraction of sp³-hybridized carbons (Fsp3) is 0.100. The van der Waals surface area contributed by atoms with Crippen LogP contribution in [-0.4, -0.2) is 23.7 Å². The largest absolute Gasteiger partial charge is 0.493 e. The lowest BCUT2D eigenvalue weighted by molar-refractivity contribution is 0.331. The van der Waals surface area contributed by atoms with Crippen LogP contribution in [-0.2, 0) is 0 Å². The molecule has 2 aromatic carbocycles. The smallest absolute Gasteiger partial charge is 0.162 e. The van der Waals surface area contributed by atoms with Crippen molar-refractivity contribution >= 4 is 22.7 Å². The summed E-state index contributed by atoms with van der Waals surface area (Å²) in [5.41, 5.74) is 2.92. The van der Waals surface area contributed by atoms with Crippen LogP contribution in [0, 0.1) is 23.7 Å². The third kappa shape index (κ3) is 3.46. The molecule has 0 spiro atoms. The van der Waals surface area contributed by atoms with Gasteiger partial charge in [0.2, 0.25) is 0 Å². The molecular weight excluding hydrogens is 314 g/mol. The number of methoxy groups -OCH3 is 1. The molecule has 3 rings (SSSR count). The summed E-state index contributed by atoms with van der Waals surface area (Å²) in [6.45, 7) is 0.161. The summed E-state index contributed by atoms with van der Waals surface area (Å²) in [5, 5.41) is 9.51. The molecule has 0 atom stereocenters. The van der Waals surface area contributed by atoms with Crippen molar-refractivity contribution in [2.75, 3.05) is 13.7 Å². The zero-order valence-corrected chi connectivity index (χ0v) is 13.6. The maximum atomic E-state index is 9.51. The van der Waals surface area contributed by atoms with Crippen LogP contribution in [0.25, 0.3) is 22.7 Å². The summed E-state index contributed by atoms with van der Waals surface area (Å²) in [5.74, 6) is 4.04. The minimum absolute atomic E-state index is 0.161. The Morgan fingerprint density at radius 1 is 1.28 bits per heavy atom. The number of terminal acetylenes is 1. The number of nitrogens with one attached hydrogen (secondary N) is 1. The molecule has 0 amide bonds. The summed E-state index contributed by atoms with van der Waals surface area (Å²) in [7, 11) is 1.55. The number of nitriles is 1. The number of para-hydroxylation sites is 2. The average Bonchev–Trinajstić information content (AvgIpc) is 3.08. The fourth-order valence-corrected chi connectivity index (χ4v) is 2.41. The molecule has 5 nitrogen and oxygen atoms in total. The van der Waals surface area contributed by atoms with Crippen LogP contribution in [0.2, 0.25) is 0 Å². The Labute approximate surface area is 145 Å². The van der Waals surface area contributed by atoms with Gasteiger partial charge in [0, 0.05) is 0 Å². The van der Waals surface area contributed by atoms with Crippen molar-refractivity contribution in [2.24, 2.45) is 0 Å². The van der Waals surface area contributed by atoms with Gasteiger partial charge in [0.25, 0.3) is 0 Å². The van der Waals surface area contributed by atoms with Crippen molar-refractivity contribution in [1.82, 2.24) is 9.97 Å². The number of aromatic amines is 1. The topological polar surface area (TPSA) is 70.9 Å². The van der Waals surface area contributed by atoms with Gasteiger partial charge in [-0.1, -0.05) is 24.1 Å². The molecule has 1 aromatic heterocycles. The van der Waals surface area contributed by atoms with Gasteiger partial charge in [-0.15, -0.1) is 6.42 Å². The van der Waals surface area contributed by atoms with E-state index in [9.17, 15) is 5.26 Å². The number of fused-ring (bicyclic) bond motifs is 1. The Morgan fingerprint density at radius 2 is 2.12 bits per heavy atom. The van der Waals surface area contributed by atoms with Gasteiger partial charge in [-0.3, -0.25) is 0 Å². The van der Waals surface area contributed by atoms with E-state index in [0.717, 1.165) is 16.6 Å². The quantitative estimate of drug-likeness (QED) is 0.573. The highest BCUT2D eigenvalue weighted by atomic mass is 16.5. The number of hydrogen-bond acceptors (Lipinski definition) is 4. The van der Waals surface area contributed by atoms with Crippen LogP contribution in [0.4, 0.5) is 0 Å². The van der Waals surface area contributed by atoms with Crippen molar-refractivity contribution in [1.29, 1.82) is 5.26 Å². The number of aromatic nitrogens is 2. The van der Waals surface area contributed by atoms with E-state index >= 15 is 0 Å². The summed E-state index contributed by atoms with van der Waals surface area (Å²) in [4.78, 5) is 7.61. The second-order valence-corrected chi connectivity index (χ2v) is 5.18. The van der Waals surface area contributed by atoms with Crippen molar-refractivity contribution in [2.45, 2.75) is 0 Å². The molecule has 1 N–H and O–H groups in total. The van der Waals surface area contributed by atoms with E-state index in [-0.39, 0.29) is 6.61 Å². The third-order valence-electron chi connectivity index (χ3n) is 3.57. The van der Waals surface area contributed by atoms with Crippen LogP contribution in [0.5, 0.6) is 11.5 Å². The normalized spacial score (nSPS) is 10.9. The Kier molecular flexibility index (Phi) is 4.69. The molecule has 0 saturated heterocycles. The highest BCUT2D eigenvalue weighted by molar-refractivity contribution is 5.90. The number of allylic oxidation sites excluding steroid dienone is 1. The SMILES string of the molecule is C#CCOc1ccc(/C=C(/C#N)c2nc3ccccc3[nH]2)cc1OC. The maximum Gasteiger partial charge on any atom is 0.162 e. The predicted molar refractivity (Wildman–Crippen MR) is 96.9 cm³/mol. The average molecular weight is 329 g/mol. The van der Waals surface area contributed by atoms with Crippen molar-refractivity contribution in [3.63, 3.8) is 0 Å². The molecular formula is C20H15N3O2. The molecule has 1 heterocycles. The van der Waals surface area contributed by atoms with E-state index in [2.05, 4.69) is 22.0 Å². The number of hydrogen-bond donors (Lipinski definition) is 1. The molecule has 0 aliphatic heterocycles. The first-order chi connectivity index (χ1) is 12.2. The molecule has 3 aromatic rings. The van der Waals surface area contributed by atoms with Crippen molar-refractivity contribution < 1.29 is 9.47 Å². The Bertz CT molecular complexity index is 986. The molecule has 0 aliphatic carbocycles. The van der Waals surface area contributed by atoms with E-state index in [1.54, 1.807) is 25.3 Å². The van der Waals surface area contributed by atoms with Crippen LogP contribution >= 0.6 is 0 Å². The Morgan fingerprint density at radius 3 is 2.84 bits per heavy atom. The standard InChI is InChI=1S/C20H15N3O2/c1-3-10-25-18-9-8-14(12-19(18)24-2)11-15(13-21)20-22-16-6-4-5-7-17(16)23-20/h1,4-9,11-12H,10H2,2H3,(H,22,23)/b15-11-. The third-order valence-corrected chi connectivity index (χ3v) is 3.57. The van der Waals surface area contributed by atoms with Gasteiger partial charge >= 0.3 is 0 Å². The maximum absolute atomic E-state index is 9.51. The van der Waals surface area contributed by atoms with Crippen LogP contribution in [0.3, 0.4) is 0 Å². The van der Waals surface area contributed by atoms with E-state index < -0.39 is 0 Å². The Hall–Kier alpha value is -3.70. The van der Waals surface area contributed by atoms with Crippen LogP contribution in [0.15, 0.2) is 42.5 Å². The summed E-state index contributed by atoms with van der Waals surface area (Å²) < 4.78 is 10.7. The summed E-state index contributed by atoms with van der Waals surface area (Å²) >= 11 is 0. The van der Waals surface area contributed by atoms with Crippen molar-refractivity contribution in [3.8, 4) is 29.9 Å². The lowest BCUT2D eigenvalue weighted by Gasteiger charge is -2.09. The molecule has 0 bridgehead atoms. The fourth-order valence-electron chi connectivity index (χ4n) is 2.41. The predicted octanol–water partition coefficient (Wildman–Crippen LogP) is 3.65. The van der Waals surface area contributed by atoms with Gasteiger partial charge in [0.15, 0.2) is 11.5 Å². The molecule has 0 fully saturated rings. The minimum atomic E-state index is 0.161. The highest BCUT2D eigenvalue weighted by Crippen LogP contribution is 2.29. The highest BCUT2D eigenvalue weighted by Gasteiger charge is 2.09. The van der Waals surface area contributed by atoms with Gasteiger partial charge in [0.05, 0.1) is 23.7 Å². The first-order valence-corrected chi connectivity index (χ1v) is 7.56. The van der Waals surface area contributed by atoms with Gasteiger partial charge in [-0.25, -0.2) is 4.98 Å². The number of benzene rings is 2. The number of imidazole rings is 1. The summed E-state index contributed by atoms with van der Waals surface area (Å²) in [6.07, 6.45) is 6.95. The van der Waals surface area contributed by atoms with E-state index in [1.165, 1.54) is 0 Å². The van der Waals surface area contributed by atoms with Crippen LogP contribution in [0.1, 0.15) is 11.4 Å². The number of nitrogens with zero attached hydrogens (tertiary/aromatic N) is 2. The van der Waals surface area contributed by atoms with E-state index in [1.807, 2.05) is 30.3 Å². The molecule has 0 saturated carbocycles. The monoisotopic (exact) mass is 329 g/mol. The number of H-pyrrole nitrogens is 1. The zero-order chi connectivity index (χ0) is 17.6. The lowest BCUT2D eigenvalue weighted by atomic mass is 10.1. The first kappa shape index (κ1) is 16.2. The van der Waals surface area contributed by atoms with E-state index in [4.69, 9.17) is 15.9 Å². The molecule has 0 unspecified atom stereocenters. The lowest BCUT2D eigenvalue weighted by Crippen LogP contribution is -1.97. The molecule has 25 heavy (non-hydrogen) atoms. The number of rotatable bonds is 5. The molecule has 122 valence electrons.